The van der Waals surface area contributed by atoms with Gasteiger partial charge in [-0.15, -0.1) is 0 Å². The summed E-state index contributed by atoms with van der Waals surface area (Å²) in [5.41, 5.74) is 1.90. The molecule has 0 bridgehead atoms. The van der Waals surface area contributed by atoms with E-state index in [2.05, 4.69) is 24.0 Å². The van der Waals surface area contributed by atoms with Gasteiger partial charge in [0.05, 0.1) is 12.7 Å². The van der Waals surface area contributed by atoms with Crippen LogP contribution in [0.1, 0.15) is 42.1 Å². The summed E-state index contributed by atoms with van der Waals surface area (Å²) in [6.07, 6.45) is 4.27. The molecule has 0 radical (unpaired) electrons. The molecule has 142 valence electrons. The summed E-state index contributed by atoms with van der Waals surface area (Å²) in [6.45, 7) is 5.01. The number of fused-ring (bicyclic) bond motifs is 1. The smallest absolute Gasteiger partial charge is 0.341 e. The first-order chi connectivity index (χ1) is 12.9. The second kappa shape index (κ2) is 7.96. The van der Waals surface area contributed by atoms with Gasteiger partial charge in [-0.2, -0.15) is 5.10 Å². The van der Waals surface area contributed by atoms with E-state index in [1.165, 1.54) is 12.7 Å². The highest BCUT2D eigenvalue weighted by Crippen LogP contribution is 2.30. The van der Waals surface area contributed by atoms with Crippen molar-refractivity contribution in [1.82, 2.24) is 14.8 Å². The Labute approximate surface area is 162 Å². The third-order valence-electron chi connectivity index (χ3n) is 4.82. The Morgan fingerprint density at radius 2 is 1.96 bits per heavy atom. The number of nitrogens with one attached hydrogen (secondary N) is 1. The van der Waals surface area contributed by atoms with Gasteiger partial charge in [-0.05, 0) is 36.0 Å². The molecule has 1 aromatic carbocycles. The quantitative estimate of drug-likeness (QED) is 0.650. The number of H-pyrrole nitrogens is 1. The van der Waals surface area contributed by atoms with Crippen LogP contribution in [0.15, 0.2) is 41.5 Å². The van der Waals surface area contributed by atoms with Crippen LogP contribution in [0.3, 0.4) is 0 Å². The molecule has 0 saturated heterocycles. The molecule has 2 aliphatic rings. The molecule has 0 fully saturated rings. The van der Waals surface area contributed by atoms with Crippen molar-refractivity contribution in [2.45, 2.75) is 32.7 Å². The second-order valence-electron chi connectivity index (χ2n) is 6.91. The van der Waals surface area contributed by atoms with E-state index >= 15 is 0 Å². The molecule has 0 amide bonds. The molecule has 2 heterocycles. The van der Waals surface area contributed by atoms with Crippen molar-refractivity contribution in [3.63, 3.8) is 0 Å². The Morgan fingerprint density at radius 3 is 2.59 bits per heavy atom. The molecule has 27 heavy (non-hydrogen) atoms. The molecule has 0 spiro atoms. The van der Waals surface area contributed by atoms with Crippen molar-refractivity contribution in [2.24, 2.45) is 5.92 Å². The van der Waals surface area contributed by atoms with Gasteiger partial charge in [0.25, 0.3) is 5.56 Å². The zero-order chi connectivity index (χ0) is 19.6. The number of pyridine rings is 1. The van der Waals surface area contributed by atoms with Crippen molar-refractivity contribution in [2.75, 3.05) is 7.11 Å². The number of benzene rings is 1. The molecule has 6 nitrogen and oxygen atoms in total. The SMILES string of the molecule is COC(=O)c1cn(CC[C@@H](c2ccc(Cl)cc2)C(C)C)cc2c(=O)[nH]nc1-2. The molecule has 0 aliphatic carbocycles. The van der Waals surface area contributed by atoms with E-state index in [0.29, 0.717) is 34.7 Å². The second-order valence-corrected chi connectivity index (χ2v) is 7.34. The topological polar surface area (TPSA) is 77.0 Å². The van der Waals surface area contributed by atoms with Crippen molar-refractivity contribution >= 4 is 17.6 Å². The number of hydrogen-bond donors (Lipinski definition) is 1. The monoisotopic (exact) mass is 387 g/mol. The average Bonchev–Trinajstić information content (AvgIpc) is 3.03. The number of hydrogen-bond acceptors (Lipinski definition) is 4. The minimum Gasteiger partial charge on any atom is -0.465 e. The lowest BCUT2D eigenvalue weighted by Crippen LogP contribution is -2.15. The largest absolute Gasteiger partial charge is 0.465 e. The predicted octanol–water partition coefficient (Wildman–Crippen LogP) is 3.95. The van der Waals surface area contributed by atoms with Crippen molar-refractivity contribution in [1.29, 1.82) is 0 Å². The van der Waals surface area contributed by atoms with Gasteiger partial charge in [-0.25, -0.2) is 9.89 Å². The number of carbonyl (C=O) groups is 1. The number of methoxy groups -OCH3 is 1. The fourth-order valence-corrected chi connectivity index (χ4v) is 3.49. The number of aromatic nitrogens is 3. The molecule has 1 aromatic rings. The summed E-state index contributed by atoms with van der Waals surface area (Å²) in [6, 6.07) is 7.89. The fraction of sp³-hybridized carbons (Fsp3) is 0.350. The molecule has 2 aliphatic heterocycles. The minimum absolute atomic E-state index is 0.279. The third-order valence-corrected chi connectivity index (χ3v) is 5.07. The molecule has 1 N–H and O–H groups in total. The molecule has 0 aromatic heterocycles. The molecular formula is C20H22ClN3O3. The third kappa shape index (κ3) is 4.06. The van der Waals surface area contributed by atoms with E-state index < -0.39 is 5.97 Å². The number of ether oxygens (including phenoxy) is 1. The van der Waals surface area contributed by atoms with Crippen LogP contribution in [0.4, 0.5) is 0 Å². The van der Waals surface area contributed by atoms with Gasteiger partial charge in [0.2, 0.25) is 0 Å². The van der Waals surface area contributed by atoms with Gasteiger partial charge in [-0.1, -0.05) is 37.6 Å². The van der Waals surface area contributed by atoms with Gasteiger partial charge in [0, 0.05) is 24.0 Å². The van der Waals surface area contributed by atoms with Gasteiger partial charge in [-0.3, -0.25) is 4.79 Å². The number of carbonyl (C=O) groups excluding carboxylic acids is 1. The van der Waals surface area contributed by atoms with Crippen molar-refractivity contribution in [3.8, 4) is 11.3 Å². The standard InChI is InChI=1S/C20H22ClN3O3/c1-12(2)15(13-4-6-14(21)7-5-13)8-9-24-10-16-18(22-23-19(16)25)17(11-24)20(26)27-3/h4-7,10-12,15H,8-9H2,1-3H3,(H,23,25)/t15-/m1/s1. The van der Waals surface area contributed by atoms with Crippen LogP contribution in [0.5, 0.6) is 0 Å². The molecule has 7 heteroatoms. The first kappa shape index (κ1) is 19.2. The van der Waals surface area contributed by atoms with Gasteiger partial charge in [0.15, 0.2) is 0 Å². The van der Waals surface area contributed by atoms with E-state index in [-0.39, 0.29) is 11.1 Å². The van der Waals surface area contributed by atoms with E-state index in [0.717, 1.165) is 6.42 Å². The number of aromatic amines is 1. The van der Waals surface area contributed by atoms with Crippen LogP contribution >= 0.6 is 11.6 Å². The van der Waals surface area contributed by atoms with Crippen LogP contribution in [-0.2, 0) is 11.3 Å². The van der Waals surface area contributed by atoms with E-state index in [4.69, 9.17) is 16.3 Å². The number of nitrogens with zero attached hydrogens (tertiary/aromatic N) is 2. The predicted molar refractivity (Wildman–Crippen MR) is 104 cm³/mol. The van der Waals surface area contributed by atoms with Crippen molar-refractivity contribution in [3.05, 3.63) is 63.2 Å². The normalized spacial score (nSPS) is 12.5. The summed E-state index contributed by atoms with van der Waals surface area (Å²) in [5.74, 6) is 0.238. The Kier molecular flexibility index (Phi) is 5.65. The number of rotatable bonds is 6. The zero-order valence-electron chi connectivity index (χ0n) is 15.5. The molecule has 0 saturated carbocycles. The number of halogens is 1. The highest BCUT2D eigenvalue weighted by molar-refractivity contribution is 6.30. The number of esters is 1. The number of aryl methyl sites for hydroxylation is 1. The summed E-state index contributed by atoms with van der Waals surface area (Å²) < 4.78 is 6.69. The highest BCUT2D eigenvalue weighted by atomic mass is 35.5. The lowest BCUT2D eigenvalue weighted by Gasteiger charge is -2.22. The maximum atomic E-state index is 12.1. The van der Waals surface area contributed by atoms with E-state index in [1.807, 2.05) is 28.8 Å². The van der Waals surface area contributed by atoms with Crippen LogP contribution < -0.4 is 5.56 Å². The van der Waals surface area contributed by atoms with Crippen LogP contribution in [-0.4, -0.2) is 27.8 Å². The van der Waals surface area contributed by atoms with Gasteiger partial charge in [0.1, 0.15) is 11.3 Å². The highest BCUT2D eigenvalue weighted by Gasteiger charge is 2.22. The average molecular weight is 388 g/mol. The maximum absolute atomic E-state index is 12.1. The Bertz CT molecular complexity index is 959. The molecule has 1 atom stereocenters. The van der Waals surface area contributed by atoms with Crippen LogP contribution in [0, 0.1) is 5.92 Å². The first-order valence-corrected chi connectivity index (χ1v) is 9.20. The fourth-order valence-electron chi connectivity index (χ4n) is 3.36. The van der Waals surface area contributed by atoms with Crippen LogP contribution in [0.2, 0.25) is 5.02 Å². The van der Waals surface area contributed by atoms with Crippen molar-refractivity contribution < 1.29 is 9.53 Å². The van der Waals surface area contributed by atoms with Gasteiger partial charge >= 0.3 is 5.97 Å². The van der Waals surface area contributed by atoms with E-state index in [1.54, 1.807) is 12.4 Å². The molecule has 3 rings (SSSR count). The molecule has 0 unspecified atom stereocenters. The summed E-state index contributed by atoms with van der Waals surface area (Å²) in [5, 5.41) is 7.06. The summed E-state index contributed by atoms with van der Waals surface area (Å²) >= 11 is 6.00. The Morgan fingerprint density at radius 1 is 1.26 bits per heavy atom. The minimum atomic E-state index is -0.515. The Balaban J connectivity index is 1.90. The Hall–Kier alpha value is -2.60. The summed E-state index contributed by atoms with van der Waals surface area (Å²) in [7, 11) is 1.31. The van der Waals surface area contributed by atoms with Gasteiger partial charge < -0.3 is 9.30 Å². The van der Waals surface area contributed by atoms with E-state index in [9.17, 15) is 9.59 Å². The summed E-state index contributed by atoms with van der Waals surface area (Å²) in [4.78, 5) is 24.1. The maximum Gasteiger partial charge on any atom is 0.341 e. The zero-order valence-corrected chi connectivity index (χ0v) is 16.3. The first-order valence-electron chi connectivity index (χ1n) is 8.82. The lowest BCUT2D eigenvalue weighted by atomic mass is 9.86. The lowest BCUT2D eigenvalue weighted by molar-refractivity contribution is 0.0600. The van der Waals surface area contributed by atoms with Crippen LogP contribution in [0.25, 0.3) is 11.3 Å². The molecular weight excluding hydrogens is 366 g/mol.